The highest BCUT2D eigenvalue weighted by Gasteiger charge is 2.31. The van der Waals surface area contributed by atoms with Crippen molar-refractivity contribution in [2.45, 2.75) is 25.7 Å². The summed E-state index contributed by atoms with van der Waals surface area (Å²) in [6, 6.07) is 5.31. The number of benzene rings is 1. The molecule has 0 aliphatic carbocycles. The van der Waals surface area contributed by atoms with E-state index >= 15 is 0 Å². The molecule has 2 rings (SSSR count). The van der Waals surface area contributed by atoms with Gasteiger partial charge >= 0.3 is 0 Å². The van der Waals surface area contributed by atoms with Gasteiger partial charge in [0.05, 0.1) is 31.1 Å². The van der Waals surface area contributed by atoms with E-state index in [2.05, 4.69) is 10.9 Å². The van der Waals surface area contributed by atoms with E-state index in [1.807, 2.05) is 13.0 Å². The number of nitrogens with one attached hydrogen (secondary N) is 3. The molecule has 1 heterocycles. The fourth-order valence-corrected chi connectivity index (χ4v) is 4.52. The van der Waals surface area contributed by atoms with Gasteiger partial charge in [-0.1, -0.05) is 17.7 Å². The molecule has 1 aromatic carbocycles. The van der Waals surface area contributed by atoms with Gasteiger partial charge in [0.2, 0.25) is 15.9 Å². The highest BCUT2D eigenvalue weighted by Crippen LogP contribution is 2.20. The molecule has 1 saturated heterocycles. The topological polar surface area (TPSA) is 100 Å². The summed E-state index contributed by atoms with van der Waals surface area (Å²) in [6.07, 6.45) is 0. The van der Waals surface area contributed by atoms with Crippen LogP contribution in [0.5, 0.6) is 0 Å². The van der Waals surface area contributed by atoms with Crippen molar-refractivity contribution >= 4 is 21.8 Å². The number of hydrazine groups is 1. The van der Waals surface area contributed by atoms with Gasteiger partial charge in [-0.3, -0.25) is 20.4 Å². The normalized spacial score (nSPS) is 16.4. The number of carbonyl (C=O) groups excluding carboxylic acids is 2. The molecule has 3 N–H and O–H groups in total. The lowest BCUT2D eigenvalue weighted by molar-refractivity contribution is -0.895. The standard InChI is InChI=1S/C16H24N4O4S/c1-12-4-5-15(13(2)10-12)25(23,24)20-8-6-19(7-9-20)11-16(22)18-17-14(3)21/h4-5,10H,6-9,11H2,1-3H3,(H,17,21)(H,18,22)/p+1. The second kappa shape index (κ2) is 7.94. The monoisotopic (exact) mass is 369 g/mol. The van der Waals surface area contributed by atoms with E-state index in [9.17, 15) is 18.0 Å². The fourth-order valence-electron chi connectivity index (χ4n) is 2.88. The Labute approximate surface area is 148 Å². The van der Waals surface area contributed by atoms with E-state index in [-0.39, 0.29) is 18.4 Å². The molecule has 1 fully saturated rings. The molecule has 8 nitrogen and oxygen atoms in total. The predicted octanol–water partition coefficient (Wildman–Crippen LogP) is -1.64. The average molecular weight is 369 g/mol. The Bertz CT molecular complexity index is 755. The number of quaternary nitrogens is 1. The molecule has 0 bridgehead atoms. The maximum Gasteiger partial charge on any atom is 0.293 e. The molecular formula is C16H25N4O4S+. The van der Waals surface area contributed by atoms with Gasteiger partial charge in [-0.05, 0) is 25.5 Å². The van der Waals surface area contributed by atoms with Crippen LogP contribution in [0.15, 0.2) is 23.1 Å². The van der Waals surface area contributed by atoms with E-state index in [1.165, 1.54) is 11.2 Å². The molecule has 1 aromatic rings. The van der Waals surface area contributed by atoms with Crippen LogP contribution in [0.25, 0.3) is 0 Å². The van der Waals surface area contributed by atoms with Crippen molar-refractivity contribution in [3.8, 4) is 0 Å². The summed E-state index contributed by atoms with van der Waals surface area (Å²) in [4.78, 5) is 23.8. The predicted molar refractivity (Wildman–Crippen MR) is 92.2 cm³/mol. The van der Waals surface area contributed by atoms with E-state index in [0.29, 0.717) is 31.1 Å². The summed E-state index contributed by atoms with van der Waals surface area (Å²) in [7, 11) is -3.52. The van der Waals surface area contributed by atoms with Crippen LogP contribution >= 0.6 is 0 Å². The third kappa shape index (κ3) is 5.00. The summed E-state index contributed by atoms with van der Waals surface area (Å²) in [6.45, 7) is 7.03. The minimum atomic E-state index is -3.52. The van der Waals surface area contributed by atoms with Crippen molar-refractivity contribution in [3.63, 3.8) is 0 Å². The average Bonchev–Trinajstić information content (AvgIpc) is 2.53. The molecule has 0 radical (unpaired) electrons. The molecule has 1 aliphatic rings. The van der Waals surface area contributed by atoms with E-state index in [0.717, 1.165) is 16.0 Å². The summed E-state index contributed by atoms with van der Waals surface area (Å²) < 4.78 is 27.1. The minimum absolute atomic E-state index is 0.192. The van der Waals surface area contributed by atoms with Gasteiger partial charge in [-0.25, -0.2) is 8.42 Å². The fraction of sp³-hybridized carbons (Fsp3) is 0.500. The first kappa shape index (κ1) is 19.4. The van der Waals surface area contributed by atoms with Crippen LogP contribution in [0.1, 0.15) is 18.1 Å². The molecule has 0 spiro atoms. The number of amides is 2. The summed E-state index contributed by atoms with van der Waals surface area (Å²) in [5, 5.41) is 0. The number of carbonyl (C=O) groups is 2. The molecule has 0 saturated carbocycles. The number of hydrogen-bond acceptors (Lipinski definition) is 4. The number of sulfonamides is 1. The Morgan fingerprint density at radius 1 is 1.16 bits per heavy atom. The maximum absolute atomic E-state index is 12.8. The van der Waals surface area contributed by atoms with Crippen LogP contribution < -0.4 is 15.8 Å². The van der Waals surface area contributed by atoms with Crippen molar-refractivity contribution < 1.29 is 22.9 Å². The Morgan fingerprint density at radius 2 is 1.80 bits per heavy atom. The lowest BCUT2D eigenvalue weighted by atomic mass is 10.2. The van der Waals surface area contributed by atoms with Crippen molar-refractivity contribution in [2.24, 2.45) is 0 Å². The van der Waals surface area contributed by atoms with Gasteiger partial charge in [-0.2, -0.15) is 4.31 Å². The lowest BCUT2D eigenvalue weighted by Gasteiger charge is -2.31. The molecule has 1 aliphatic heterocycles. The molecule has 9 heteroatoms. The Hall–Kier alpha value is -1.97. The number of rotatable bonds is 4. The summed E-state index contributed by atoms with van der Waals surface area (Å²) in [5.74, 6) is -0.636. The lowest BCUT2D eigenvalue weighted by Crippen LogP contribution is -3.16. The molecule has 2 amide bonds. The number of hydrogen-bond donors (Lipinski definition) is 3. The van der Waals surface area contributed by atoms with Crippen LogP contribution in [0.2, 0.25) is 0 Å². The van der Waals surface area contributed by atoms with Gasteiger partial charge in [0.15, 0.2) is 6.54 Å². The highest BCUT2D eigenvalue weighted by atomic mass is 32.2. The third-order valence-electron chi connectivity index (χ3n) is 4.17. The zero-order valence-corrected chi connectivity index (χ0v) is 15.6. The first-order valence-corrected chi connectivity index (χ1v) is 9.60. The second-order valence-electron chi connectivity index (χ2n) is 6.33. The Balaban J connectivity index is 1.95. The largest absolute Gasteiger partial charge is 0.325 e. The van der Waals surface area contributed by atoms with Gasteiger partial charge in [-0.15, -0.1) is 0 Å². The zero-order valence-electron chi connectivity index (χ0n) is 14.8. The maximum atomic E-state index is 12.8. The molecule has 0 atom stereocenters. The Morgan fingerprint density at radius 3 is 2.36 bits per heavy atom. The molecule has 0 aromatic heterocycles. The van der Waals surface area contributed by atoms with Crippen LogP contribution in [0.4, 0.5) is 0 Å². The van der Waals surface area contributed by atoms with Gasteiger partial charge in [0.25, 0.3) is 5.91 Å². The Kier molecular flexibility index (Phi) is 6.15. The smallest absolute Gasteiger partial charge is 0.293 e. The molecule has 25 heavy (non-hydrogen) atoms. The summed E-state index contributed by atoms with van der Waals surface area (Å²) >= 11 is 0. The van der Waals surface area contributed by atoms with Crippen molar-refractivity contribution in [1.82, 2.24) is 15.2 Å². The van der Waals surface area contributed by atoms with Crippen molar-refractivity contribution in [1.29, 1.82) is 0 Å². The van der Waals surface area contributed by atoms with E-state index in [4.69, 9.17) is 0 Å². The van der Waals surface area contributed by atoms with Crippen LogP contribution in [-0.2, 0) is 19.6 Å². The molecule has 138 valence electrons. The molecule has 0 unspecified atom stereocenters. The number of piperazine rings is 1. The molecular weight excluding hydrogens is 344 g/mol. The van der Waals surface area contributed by atoms with Crippen LogP contribution in [0, 0.1) is 13.8 Å². The highest BCUT2D eigenvalue weighted by molar-refractivity contribution is 7.89. The summed E-state index contributed by atoms with van der Waals surface area (Å²) in [5.41, 5.74) is 6.32. The number of aryl methyl sites for hydroxylation is 2. The van der Waals surface area contributed by atoms with Crippen molar-refractivity contribution in [3.05, 3.63) is 29.3 Å². The first-order chi connectivity index (χ1) is 11.7. The minimum Gasteiger partial charge on any atom is -0.325 e. The zero-order chi connectivity index (χ0) is 18.6. The third-order valence-corrected chi connectivity index (χ3v) is 6.23. The van der Waals surface area contributed by atoms with Crippen LogP contribution in [-0.4, -0.2) is 57.3 Å². The van der Waals surface area contributed by atoms with Gasteiger partial charge < -0.3 is 4.90 Å². The number of nitrogens with zero attached hydrogens (tertiary/aromatic N) is 1. The second-order valence-corrected chi connectivity index (χ2v) is 8.24. The van der Waals surface area contributed by atoms with Gasteiger partial charge in [0.1, 0.15) is 0 Å². The SMILES string of the molecule is CC(=O)NNC(=O)C[NH+]1CCN(S(=O)(=O)c2ccc(C)cc2C)CC1. The van der Waals surface area contributed by atoms with E-state index < -0.39 is 10.0 Å². The van der Waals surface area contributed by atoms with Crippen molar-refractivity contribution in [2.75, 3.05) is 32.7 Å². The quantitative estimate of drug-likeness (QED) is 0.554. The first-order valence-electron chi connectivity index (χ1n) is 8.16. The van der Waals surface area contributed by atoms with Gasteiger partial charge in [0, 0.05) is 6.92 Å². The van der Waals surface area contributed by atoms with E-state index in [1.54, 1.807) is 19.1 Å². The van der Waals surface area contributed by atoms with Crippen LogP contribution in [0.3, 0.4) is 0 Å².